The van der Waals surface area contributed by atoms with Crippen LogP contribution in [0.15, 0.2) is 58.7 Å². The second kappa shape index (κ2) is 26.5. The minimum atomic E-state index is -1.61. The van der Waals surface area contributed by atoms with Crippen molar-refractivity contribution in [2.75, 3.05) is 13.2 Å². The molecule has 8 N–H and O–H groups in total. The van der Waals surface area contributed by atoms with Crippen LogP contribution in [0, 0.1) is 17.8 Å². The number of ether oxygens (including phenoxy) is 7. The van der Waals surface area contributed by atoms with E-state index in [2.05, 4.69) is 0 Å². The summed E-state index contributed by atoms with van der Waals surface area (Å²) in [6, 6.07) is 0. The number of rotatable bonds is 13. The van der Waals surface area contributed by atoms with Gasteiger partial charge in [0.15, 0.2) is 36.3 Å². The predicted octanol–water partition coefficient (Wildman–Crippen LogP) is 5.83. The Morgan fingerprint density at radius 2 is 1.58 bits per heavy atom. The lowest BCUT2D eigenvalue weighted by molar-refractivity contribution is -0.333. The fraction of sp³-hybridized carbons (Fsp3) is 0.635. The van der Waals surface area contributed by atoms with Crippen LogP contribution in [0.2, 0.25) is 10.0 Å². The van der Waals surface area contributed by atoms with Crippen molar-refractivity contribution < 1.29 is 88.4 Å². The Labute approximate surface area is 431 Å². The molecule has 2 saturated heterocycles. The average molecular weight is 1060 g/mol. The molecule has 3 heterocycles. The molecular formula is C52H74Cl2O18. The molecule has 20 heteroatoms. The highest BCUT2D eigenvalue weighted by molar-refractivity contribution is 6.39. The molecule has 18 nitrogen and oxygen atoms in total. The Morgan fingerprint density at radius 1 is 0.917 bits per heavy atom. The number of benzene rings is 1. The number of carbonyl (C=O) groups excluding carboxylic acids is 3. The minimum Gasteiger partial charge on any atom is -0.505 e. The van der Waals surface area contributed by atoms with E-state index in [4.69, 9.17) is 56.4 Å². The highest BCUT2D eigenvalue weighted by Gasteiger charge is 2.53. The van der Waals surface area contributed by atoms with Crippen molar-refractivity contribution in [1.82, 2.24) is 0 Å². The van der Waals surface area contributed by atoms with Crippen molar-refractivity contribution in [2.45, 2.75) is 181 Å². The number of aromatic hydroxyl groups is 2. The summed E-state index contributed by atoms with van der Waals surface area (Å²) in [6.45, 7) is 17.2. The lowest BCUT2D eigenvalue weighted by Gasteiger charge is -2.47. The molecule has 4 rings (SSSR count). The SMILES string of the molecule is CCc1c(Cl)c(O)c(Cl)c(O)c1C(=O)O[C@H]1[C@H](O)[C@H](CO)[C@H](OCC2=CC=CCC(O)C(C)=CC(CC)C(O[C@@H]3OC(C)(C)[C@@H](OC(=O)C(C)C)[C@H](O)[C@@H]3O)C(C)=CC(C)=CCC(C(C)O)OC2=O)O[C@@H]1C. The van der Waals surface area contributed by atoms with E-state index in [0.29, 0.717) is 23.1 Å². The standard InChI is InChI=1S/C52H74Cl2O18/c1-12-30-21-26(6)34(57)17-15-14-16-31(23-66-50-33(22-55)39(58)45(29(9)67-50)69-49(65)36-32(13-2)37(53)41(60)38(54)40(36)59)48(64)68-35(28(8)56)19-18-25(5)20-27(7)44(30)70-51-43(62)42(61)46(52(10,11)72-51)71-47(63)24(3)4/h14-16,18,20-21,24,28-30,33-35,39,42-46,50-51,55-62H,12-13,17,19,22-23H2,1-11H3/t28?,29-,30?,33+,34?,35?,39-,42-,43+,44?,45-,46+,50-,51-/m1/s1. The van der Waals surface area contributed by atoms with Gasteiger partial charge in [-0.15, -0.1) is 0 Å². The van der Waals surface area contributed by atoms with Crippen LogP contribution in [-0.4, -0.2) is 151 Å². The van der Waals surface area contributed by atoms with Crippen molar-refractivity contribution in [3.8, 4) is 11.5 Å². The van der Waals surface area contributed by atoms with Gasteiger partial charge in [-0.05, 0) is 90.5 Å². The quantitative estimate of drug-likeness (QED) is 0.0656. The van der Waals surface area contributed by atoms with E-state index in [-0.39, 0.29) is 35.4 Å². The van der Waals surface area contributed by atoms with E-state index in [9.17, 15) is 55.2 Å². The number of hydrogen-bond acceptors (Lipinski definition) is 18. The topological polar surface area (TPSA) is 278 Å². The summed E-state index contributed by atoms with van der Waals surface area (Å²) < 4.78 is 41.8. The number of esters is 3. The van der Waals surface area contributed by atoms with E-state index >= 15 is 0 Å². The van der Waals surface area contributed by atoms with Gasteiger partial charge in [0, 0.05) is 12.3 Å². The van der Waals surface area contributed by atoms with E-state index in [1.54, 1.807) is 60.6 Å². The lowest BCUT2D eigenvalue weighted by Crippen LogP contribution is -2.64. The third-order valence-corrected chi connectivity index (χ3v) is 13.9. The molecule has 1 aromatic carbocycles. The number of hydrogen-bond donors (Lipinski definition) is 8. The van der Waals surface area contributed by atoms with Crippen LogP contribution in [0.4, 0.5) is 0 Å². The molecule has 72 heavy (non-hydrogen) atoms. The van der Waals surface area contributed by atoms with Gasteiger partial charge in [0.2, 0.25) is 0 Å². The lowest BCUT2D eigenvalue weighted by atomic mass is 9.88. The van der Waals surface area contributed by atoms with Crippen molar-refractivity contribution >= 4 is 41.1 Å². The second-order valence-electron chi connectivity index (χ2n) is 19.5. The number of phenols is 2. The van der Waals surface area contributed by atoms with E-state index < -0.39 is 150 Å². The van der Waals surface area contributed by atoms with Crippen molar-refractivity contribution in [3.05, 3.63) is 79.9 Å². The smallest absolute Gasteiger partial charge is 0.342 e. The first-order valence-corrected chi connectivity index (χ1v) is 25.0. The first-order valence-electron chi connectivity index (χ1n) is 24.2. The molecule has 5 unspecified atom stereocenters. The fourth-order valence-electron chi connectivity index (χ4n) is 8.65. The molecule has 2 fully saturated rings. The molecule has 0 aromatic heterocycles. The predicted molar refractivity (Wildman–Crippen MR) is 265 cm³/mol. The Morgan fingerprint density at radius 3 is 2.18 bits per heavy atom. The summed E-state index contributed by atoms with van der Waals surface area (Å²) in [4.78, 5) is 40.0. The third kappa shape index (κ3) is 14.7. The summed E-state index contributed by atoms with van der Waals surface area (Å²) in [7, 11) is 0. The zero-order valence-electron chi connectivity index (χ0n) is 42.8. The van der Waals surface area contributed by atoms with Gasteiger partial charge < -0.3 is 74.0 Å². The molecule has 1 aromatic rings. The van der Waals surface area contributed by atoms with Crippen molar-refractivity contribution in [2.24, 2.45) is 17.8 Å². The zero-order valence-corrected chi connectivity index (χ0v) is 44.3. The van der Waals surface area contributed by atoms with Crippen molar-refractivity contribution in [1.29, 1.82) is 0 Å². The van der Waals surface area contributed by atoms with Gasteiger partial charge in [0.1, 0.15) is 40.6 Å². The van der Waals surface area contributed by atoms with E-state index in [1.807, 2.05) is 26.0 Å². The molecule has 0 bridgehead atoms. The summed E-state index contributed by atoms with van der Waals surface area (Å²) >= 11 is 12.2. The van der Waals surface area contributed by atoms with Gasteiger partial charge in [0.05, 0.1) is 60.1 Å². The van der Waals surface area contributed by atoms with Gasteiger partial charge in [0.25, 0.3) is 0 Å². The maximum absolute atomic E-state index is 13.9. The molecule has 0 radical (unpaired) electrons. The molecular weight excluding hydrogens is 983 g/mol. The summed E-state index contributed by atoms with van der Waals surface area (Å²) in [5, 5.41) is 86.8. The molecule has 0 saturated carbocycles. The van der Waals surface area contributed by atoms with Gasteiger partial charge >= 0.3 is 17.9 Å². The van der Waals surface area contributed by atoms with Crippen molar-refractivity contribution in [3.63, 3.8) is 0 Å². The first-order chi connectivity index (χ1) is 33.7. The Hall–Kier alpha value is -3.89. The number of aliphatic hydroxyl groups is 6. The van der Waals surface area contributed by atoms with Gasteiger partial charge in [-0.1, -0.05) is 86.9 Å². The van der Waals surface area contributed by atoms with Crippen LogP contribution in [-0.2, 0) is 49.2 Å². The third-order valence-electron chi connectivity index (χ3n) is 13.1. The summed E-state index contributed by atoms with van der Waals surface area (Å²) in [5.41, 5.74) is 0.221. The van der Waals surface area contributed by atoms with Crippen LogP contribution in [0.1, 0.15) is 111 Å². The highest BCUT2D eigenvalue weighted by Crippen LogP contribution is 2.45. The van der Waals surface area contributed by atoms with Gasteiger partial charge in [-0.2, -0.15) is 0 Å². The molecule has 3 aliphatic rings. The molecule has 3 aliphatic heterocycles. The molecule has 0 spiro atoms. The largest absolute Gasteiger partial charge is 0.505 e. The Bertz CT molecular complexity index is 2220. The minimum absolute atomic E-state index is 0.0413. The highest BCUT2D eigenvalue weighted by atomic mass is 35.5. The monoisotopic (exact) mass is 1060 g/mol. The molecule has 14 atom stereocenters. The Balaban J connectivity index is 1.61. The molecule has 404 valence electrons. The normalized spacial score (nSPS) is 31.5. The molecule has 0 aliphatic carbocycles. The first kappa shape index (κ1) is 60.7. The van der Waals surface area contributed by atoms with Gasteiger partial charge in [-0.3, -0.25) is 4.79 Å². The number of carbonyl (C=O) groups is 3. The van der Waals surface area contributed by atoms with Crippen LogP contribution in [0.3, 0.4) is 0 Å². The number of cyclic esters (lactones) is 1. The zero-order chi connectivity index (χ0) is 54.1. The number of halogens is 2. The van der Waals surface area contributed by atoms with Crippen LogP contribution in [0.5, 0.6) is 11.5 Å². The number of phenolic OH excluding ortho intramolecular Hbond substituents is 2. The van der Waals surface area contributed by atoms with Crippen LogP contribution >= 0.6 is 23.2 Å². The second-order valence-corrected chi connectivity index (χ2v) is 20.3. The van der Waals surface area contributed by atoms with Crippen LogP contribution in [0.25, 0.3) is 0 Å². The average Bonchev–Trinajstić information content (AvgIpc) is 3.32. The number of aliphatic hydroxyl groups excluding tert-OH is 6. The number of allylic oxidation sites excluding steroid dienone is 4. The fourth-order valence-corrected chi connectivity index (χ4v) is 9.21. The van der Waals surface area contributed by atoms with E-state index in [0.717, 1.165) is 0 Å². The maximum atomic E-state index is 13.9. The maximum Gasteiger partial charge on any atom is 0.342 e. The summed E-state index contributed by atoms with van der Waals surface area (Å²) in [6.07, 6.45) is -4.48. The molecule has 0 amide bonds. The van der Waals surface area contributed by atoms with Crippen LogP contribution < -0.4 is 0 Å². The van der Waals surface area contributed by atoms with Gasteiger partial charge in [-0.25, -0.2) is 9.59 Å². The Kier molecular flexibility index (Phi) is 22.4. The summed E-state index contributed by atoms with van der Waals surface area (Å²) in [5.74, 6) is -6.11. The van der Waals surface area contributed by atoms with E-state index in [1.165, 1.54) is 26.0 Å².